The van der Waals surface area contributed by atoms with Crippen LogP contribution in [0.1, 0.15) is 70.3 Å². The summed E-state index contributed by atoms with van der Waals surface area (Å²) in [7, 11) is 0. The summed E-state index contributed by atoms with van der Waals surface area (Å²) in [5.74, 6) is 1.17. The van der Waals surface area contributed by atoms with Gasteiger partial charge in [0, 0.05) is 0 Å². The fourth-order valence-corrected chi connectivity index (χ4v) is 7.72. The van der Waals surface area contributed by atoms with Gasteiger partial charge in [-0.2, -0.15) is 5.26 Å². The Morgan fingerprint density at radius 1 is 1.21 bits per heavy atom. The molecule has 5 fully saturated rings. The number of rotatable bonds is 5. The van der Waals surface area contributed by atoms with Gasteiger partial charge >= 0.3 is 5.97 Å². The molecule has 1 aliphatic heterocycles. The summed E-state index contributed by atoms with van der Waals surface area (Å²) in [5, 5.41) is 22.4. The van der Waals surface area contributed by atoms with E-state index in [1.165, 1.54) is 6.07 Å². The van der Waals surface area contributed by atoms with E-state index in [4.69, 9.17) is 4.99 Å². The van der Waals surface area contributed by atoms with Crippen LogP contribution in [-0.2, 0) is 4.79 Å². The maximum atomic E-state index is 14.3. The lowest BCUT2D eigenvalue weighted by Crippen LogP contribution is -2.59. The minimum Gasteiger partial charge on any atom is -0.481 e. The lowest BCUT2D eigenvalue weighted by molar-refractivity contribution is -0.166. The molecule has 1 saturated heterocycles. The van der Waals surface area contributed by atoms with Crippen molar-refractivity contribution in [2.24, 2.45) is 28.2 Å². The third-order valence-electron chi connectivity index (χ3n) is 9.34. The van der Waals surface area contributed by atoms with E-state index >= 15 is 0 Å². The summed E-state index contributed by atoms with van der Waals surface area (Å²) < 4.78 is 14.3. The zero-order valence-electron chi connectivity index (χ0n) is 20.1. The van der Waals surface area contributed by atoms with E-state index in [2.05, 4.69) is 30.3 Å². The van der Waals surface area contributed by atoms with Crippen molar-refractivity contribution in [1.29, 1.82) is 5.26 Å². The first-order valence-electron chi connectivity index (χ1n) is 12.7. The smallest absolute Gasteiger partial charge is 0.309 e. The molecular weight excluding hydrogens is 431 g/mol. The molecular formula is C27H35FN4O2. The van der Waals surface area contributed by atoms with Crippen molar-refractivity contribution < 1.29 is 14.3 Å². The molecule has 34 heavy (non-hydrogen) atoms. The predicted molar refractivity (Wildman–Crippen MR) is 128 cm³/mol. The molecule has 0 radical (unpaired) electrons. The molecule has 1 aromatic carbocycles. The Kier molecular flexibility index (Phi) is 5.92. The Hall–Kier alpha value is -2.46. The van der Waals surface area contributed by atoms with Gasteiger partial charge in [0.05, 0.1) is 17.0 Å². The molecule has 6 nitrogen and oxygen atoms in total. The van der Waals surface area contributed by atoms with E-state index in [1.54, 1.807) is 6.07 Å². The molecule has 0 spiro atoms. The number of likely N-dealkylation sites (tertiary alicyclic amines) is 1. The number of nitrogens with one attached hydrogen (secondary N) is 1. The van der Waals surface area contributed by atoms with Crippen molar-refractivity contribution in [1.82, 2.24) is 10.2 Å². The van der Waals surface area contributed by atoms with Gasteiger partial charge < -0.3 is 5.11 Å². The summed E-state index contributed by atoms with van der Waals surface area (Å²) in [6.45, 7) is 5.82. The van der Waals surface area contributed by atoms with E-state index in [-0.39, 0.29) is 29.6 Å². The van der Waals surface area contributed by atoms with Gasteiger partial charge in [-0.15, -0.1) is 0 Å². The summed E-state index contributed by atoms with van der Waals surface area (Å²) in [6.07, 6.45) is 8.16. The zero-order chi connectivity index (χ0) is 24.1. The number of carboxylic acids is 1. The lowest BCUT2D eigenvalue weighted by atomic mass is 9.48. The van der Waals surface area contributed by atoms with Crippen LogP contribution in [0.25, 0.3) is 0 Å². The molecule has 0 aromatic heterocycles. The van der Waals surface area contributed by atoms with Gasteiger partial charge in [-0.05, 0) is 107 Å². The highest BCUT2D eigenvalue weighted by atomic mass is 19.1. The number of nitrogens with zero attached hydrogens (tertiary/aromatic N) is 3. The van der Waals surface area contributed by atoms with E-state index < -0.39 is 16.9 Å². The highest BCUT2D eigenvalue weighted by Crippen LogP contribution is 2.61. The normalized spacial score (nSPS) is 34.1. The molecule has 182 valence electrons. The number of hydrogen-bond donors (Lipinski definition) is 2. The van der Waals surface area contributed by atoms with Crippen LogP contribution in [0.15, 0.2) is 29.3 Å². The van der Waals surface area contributed by atoms with Crippen LogP contribution in [0.5, 0.6) is 0 Å². The number of nitriles is 1. The quantitative estimate of drug-likeness (QED) is 0.288. The molecule has 5 aliphatic rings. The average Bonchev–Trinajstić information content (AvgIpc) is 2.80. The second-order valence-electron chi connectivity index (χ2n) is 11.6. The Morgan fingerprint density at radius 3 is 2.44 bits per heavy atom. The molecule has 6 rings (SSSR count). The molecule has 1 aromatic rings. The fraction of sp³-hybridized carbons (Fsp3) is 0.667. The molecule has 2 atom stereocenters. The van der Waals surface area contributed by atoms with Crippen molar-refractivity contribution in [2.45, 2.75) is 76.3 Å². The van der Waals surface area contributed by atoms with Crippen molar-refractivity contribution in [2.75, 3.05) is 13.1 Å². The van der Waals surface area contributed by atoms with Crippen molar-refractivity contribution >= 4 is 11.8 Å². The highest BCUT2D eigenvalue weighted by Gasteiger charge is 2.59. The van der Waals surface area contributed by atoms with Gasteiger partial charge in [0.25, 0.3) is 0 Å². The Labute approximate surface area is 201 Å². The second-order valence-corrected chi connectivity index (χ2v) is 11.6. The number of amidine groups is 1. The number of hydrogen-bond acceptors (Lipinski definition) is 4. The van der Waals surface area contributed by atoms with Gasteiger partial charge in [-0.1, -0.05) is 18.2 Å². The molecule has 4 aliphatic carbocycles. The number of halogens is 1. The van der Waals surface area contributed by atoms with Crippen LogP contribution in [0, 0.1) is 40.4 Å². The molecule has 4 bridgehead atoms. The largest absolute Gasteiger partial charge is 0.481 e. The molecule has 4 saturated carbocycles. The number of carboxylic acid groups (broad SMARTS) is 1. The maximum Gasteiger partial charge on any atom is 0.309 e. The monoisotopic (exact) mass is 466 g/mol. The summed E-state index contributed by atoms with van der Waals surface area (Å²) >= 11 is 0. The number of benzene rings is 1. The SMILES string of the molecule is CC(C)(C(=NC1C2CC3CC1CC(C(=O)O)(C3)C2)NC#N)N1CCC(c2ccccc2F)CC1. The topological polar surface area (TPSA) is 88.7 Å². The Bertz CT molecular complexity index is 1010. The Morgan fingerprint density at radius 2 is 1.85 bits per heavy atom. The van der Waals surface area contributed by atoms with Gasteiger partial charge in [0.2, 0.25) is 0 Å². The minimum atomic E-state index is -0.636. The molecule has 2 N–H and O–H groups in total. The maximum absolute atomic E-state index is 14.3. The average molecular weight is 467 g/mol. The van der Waals surface area contributed by atoms with E-state index in [0.717, 1.165) is 50.8 Å². The number of aliphatic carboxylic acids is 1. The van der Waals surface area contributed by atoms with Gasteiger partial charge in [0.1, 0.15) is 11.7 Å². The molecule has 2 unspecified atom stereocenters. The van der Waals surface area contributed by atoms with Crippen LogP contribution in [0.2, 0.25) is 0 Å². The van der Waals surface area contributed by atoms with Crippen LogP contribution in [-0.4, -0.2) is 46.5 Å². The molecule has 7 heteroatoms. The van der Waals surface area contributed by atoms with Crippen molar-refractivity contribution in [3.63, 3.8) is 0 Å². The standard InChI is InChI=1S/C27H35FN4O2/c1-26(2,32-9-7-18(8-10-32)21-5-3-4-6-22(21)28)24(30-16-29)31-23-19-11-17-12-20(23)15-27(13-17,14-19)25(33)34/h3-6,17-20,23H,7-15H2,1-2H3,(H,30,31)(H,33,34). The van der Waals surface area contributed by atoms with Crippen LogP contribution in [0.4, 0.5) is 4.39 Å². The number of carbonyl (C=O) groups is 1. The molecule has 1 heterocycles. The van der Waals surface area contributed by atoms with Crippen molar-refractivity contribution in [3.8, 4) is 6.19 Å². The van der Waals surface area contributed by atoms with Gasteiger partial charge in [-0.25, -0.2) is 4.39 Å². The fourth-order valence-electron chi connectivity index (χ4n) is 7.72. The summed E-state index contributed by atoms with van der Waals surface area (Å²) in [5.41, 5.74) is -0.227. The summed E-state index contributed by atoms with van der Waals surface area (Å²) in [4.78, 5) is 19.6. The minimum absolute atomic E-state index is 0.0788. The van der Waals surface area contributed by atoms with Gasteiger partial charge in [0.15, 0.2) is 6.19 Å². The van der Waals surface area contributed by atoms with E-state index in [0.29, 0.717) is 24.6 Å². The lowest BCUT2D eigenvalue weighted by Gasteiger charge is -2.57. The van der Waals surface area contributed by atoms with E-state index in [1.807, 2.05) is 12.1 Å². The van der Waals surface area contributed by atoms with Gasteiger partial charge in [-0.3, -0.25) is 20.0 Å². The third-order valence-corrected chi connectivity index (χ3v) is 9.34. The van der Waals surface area contributed by atoms with Crippen LogP contribution >= 0.6 is 0 Å². The first-order valence-corrected chi connectivity index (χ1v) is 12.7. The summed E-state index contributed by atoms with van der Waals surface area (Å²) in [6, 6.07) is 7.13. The Balaban J connectivity index is 1.33. The first-order chi connectivity index (χ1) is 16.2. The van der Waals surface area contributed by atoms with E-state index in [9.17, 15) is 19.6 Å². The first kappa shape index (κ1) is 23.3. The zero-order valence-corrected chi connectivity index (χ0v) is 20.1. The predicted octanol–water partition coefficient (Wildman–Crippen LogP) is 4.53. The van der Waals surface area contributed by atoms with Crippen LogP contribution in [0.3, 0.4) is 0 Å². The van der Waals surface area contributed by atoms with Crippen molar-refractivity contribution in [3.05, 3.63) is 35.6 Å². The number of piperidine rings is 1. The number of aliphatic imine (C=N–C) groups is 1. The third kappa shape index (κ3) is 3.90. The second kappa shape index (κ2) is 8.64. The molecule has 0 amide bonds. The highest BCUT2D eigenvalue weighted by molar-refractivity contribution is 5.92. The van der Waals surface area contributed by atoms with Crippen LogP contribution < -0.4 is 5.32 Å².